The number of nitrogens with zero attached hydrogens (tertiary/aromatic N) is 3. The summed E-state index contributed by atoms with van der Waals surface area (Å²) >= 11 is 0. The first-order valence-corrected chi connectivity index (χ1v) is 6.81. The van der Waals surface area contributed by atoms with E-state index in [9.17, 15) is 22.8 Å². The molecule has 1 saturated heterocycles. The number of rotatable bonds is 3. The first-order chi connectivity index (χ1) is 10.2. The van der Waals surface area contributed by atoms with E-state index in [1.165, 1.54) is 4.90 Å². The van der Waals surface area contributed by atoms with Gasteiger partial charge in [0.25, 0.3) is 0 Å². The van der Waals surface area contributed by atoms with E-state index in [0.717, 1.165) is 16.9 Å². The highest BCUT2D eigenvalue weighted by Crippen LogP contribution is 2.27. The molecular weight excluding hydrogens is 303 g/mol. The van der Waals surface area contributed by atoms with Gasteiger partial charge in [0.1, 0.15) is 6.54 Å². The van der Waals surface area contributed by atoms with Crippen molar-refractivity contribution in [1.82, 2.24) is 14.7 Å². The predicted octanol–water partition coefficient (Wildman–Crippen LogP) is 1.61. The van der Waals surface area contributed by atoms with E-state index in [1.807, 2.05) is 0 Å². The van der Waals surface area contributed by atoms with Crippen molar-refractivity contribution in [2.75, 3.05) is 6.54 Å². The highest BCUT2D eigenvalue weighted by molar-refractivity contribution is 5.78. The average molecular weight is 319 g/mol. The number of piperidine rings is 1. The molecule has 1 amide bonds. The maximum absolute atomic E-state index is 12.5. The zero-order chi connectivity index (χ0) is 16.5. The lowest BCUT2D eigenvalue weighted by Crippen LogP contribution is -2.48. The Bertz CT molecular complexity index is 570. The van der Waals surface area contributed by atoms with Gasteiger partial charge in [0.05, 0.1) is 5.92 Å². The Labute approximate surface area is 124 Å². The Hall–Kier alpha value is -2.06. The van der Waals surface area contributed by atoms with Gasteiger partial charge in [-0.05, 0) is 25.8 Å². The third-order valence-electron chi connectivity index (χ3n) is 3.78. The molecule has 2 atom stereocenters. The van der Waals surface area contributed by atoms with Crippen molar-refractivity contribution >= 4 is 11.9 Å². The molecule has 1 aliphatic rings. The standard InChI is InChI=1S/C13H16F3N3O3/c1-8-2-3-9(12(21)22)6-19(8)11(20)7-18-5-4-10(17-18)13(14,15)16/h4-5,8-9H,2-3,6-7H2,1H3,(H,21,22). The van der Waals surface area contributed by atoms with Gasteiger partial charge in [0.2, 0.25) is 5.91 Å². The number of carboxylic acid groups (broad SMARTS) is 1. The van der Waals surface area contributed by atoms with Crippen molar-refractivity contribution in [3.63, 3.8) is 0 Å². The summed E-state index contributed by atoms with van der Waals surface area (Å²) in [4.78, 5) is 24.6. The molecule has 0 radical (unpaired) electrons. The summed E-state index contributed by atoms with van der Waals surface area (Å²) in [6, 6.07) is 0.660. The van der Waals surface area contributed by atoms with Crippen LogP contribution in [0.2, 0.25) is 0 Å². The van der Waals surface area contributed by atoms with Crippen LogP contribution < -0.4 is 0 Å². The Morgan fingerprint density at radius 2 is 2.09 bits per heavy atom. The van der Waals surface area contributed by atoms with Crippen LogP contribution in [0.5, 0.6) is 0 Å². The summed E-state index contributed by atoms with van der Waals surface area (Å²) in [5, 5.41) is 12.3. The third-order valence-corrected chi connectivity index (χ3v) is 3.78. The number of aromatic nitrogens is 2. The maximum atomic E-state index is 12.5. The minimum absolute atomic E-state index is 0.0722. The number of hydrogen-bond acceptors (Lipinski definition) is 3. The molecule has 122 valence electrons. The van der Waals surface area contributed by atoms with Crippen LogP contribution in [0.3, 0.4) is 0 Å². The van der Waals surface area contributed by atoms with Gasteiger partial charge < -0.3 is 10.0 Å². The second kappa shape index (κ2) is 5.98. The largest absolute Gasteiger partial charge is 0.481 e. The van der Waals surface area contributed by atoms with Crippen molar-refractivity contribution in [2.24, 2.45) is 5.92 Å². The van der Waals surface area contributed by atoms with E-state index in [0.29, 0.717) is 12.8 Å². The summed E-state index contributed by atoms with van der Waals surface area (Å²) in [6.07, 6.45) is -2.43. The first kappa shape index (κ1) is 16.3. The topological polar surface area (TPSA) is 75.4 Å². The van der Waals surface area contributed by atoms with E-state index in [1.54, 1.807) is 6.92 Å². The van der Waals surface area contributed by atoms with Crippen LogP contribution in [0.4, 0.5) is 13.2 Å². The lowest BCUT2D eigenvalue weighted by Gasteiger charge is -2.36. The fraction of sp³-hybridized carbons (Fsp3) is 0.615. The monoisotopic (exact) mass is 319 g/mol. The van der Waals surface area contributed by atoms with Crippen LogP contribution in [0.1, 0.15) is 25.5 Å². The molecular formula is C13H16F3N3O3. The highest BCUT2D eigenvalue weighted by atomic mass is 19.4. The summed E-state index contributed by atoms with van der Waals surface area (Å²) in [7, 11) is 0. The Morgan fingerprint density at radius 1 is 1.41 bits per heavy atom. The molecule has 6 nitrogen and oxygen atoms in total. The number of halogens is 3. The number of carbonyl (C=O) groups excluding carboxylic acids is 1. The van der Waals surface area contributed by atoms with Gasteiger partial charge in [-0.1, -0.05) is 0 Å². The predicted molar refractivity (Wildman–Crippen MR) is 68.8 cm³/mol. The van der Waals surface area contributed by atoms with E-state index in [-0.39, 0.29) is 19.1 Å². The number of hydrogen-bond donors (Lipinski definition) is 1. The van der Waals surface area contributed by atoms with Gasteiger partial charge in [-0.3, -0.25) is 14.3 Å². The smallest absolute Gasteiger partial charge is 0.435 e. The molecule has 9 heteroatoms. The molecule has 2 unspecified atom stereocenters. The van der Waals surface area contributed by atoms with Gasteiger partial charge in [-0.2, -0.15) is 18.3 Å². The number of carboxylic acids is 1. The molecule has 1 fully saturated rings. The molecule has 0 spiro atoms. The molecule has 0 aliphatic carbocycles. The van der Waals surface area contributed by atoms with Crippen LogP contribution in [-0.4, -0.2) is 44.3 Å². The quantitative estimate of drug-likeness (QED) is 0.918. The Morgan fingerprint density at radius 3 is 2.64 bits per heavy atom. The van der Waals surface area contributed by atoms with E-state index >= 15 is 0 Å². The third kappa shape index (κ3) is 3.58. The van der Waals surface area contributed by atoms with Crippen LogP contribution >= 0.6 is 0 Å². The summed E-state index contributed by atoms with van der Waals surface area (Å²) in [5.41, 5.74) is -1.06. The second-order valence-electron chi connectivity index (χ2n) is 5.40. The van der Waals surface area contributed by atoms with Crippen molar-refractivity contribution in [3.8, 4) is 0 Å². The van der Waals surface area contributed by atoms with E-state index < -0.39 is 29.7 Å². The van der Waals surface area contributed by atoms with E-state index in [4.69, 9.17) is 5.11 Å². The fourth-order valence-corrected chi connectivity index (χ4v) is 2.49. The van der Waals surface area contributed by atoms with Crippen LogP contribution in [0.15, 0.2) is 12.3 Å². The molecule has 1 N–H and O–H groups in total. The minimum Gasteiger partial charge on any atom is -0.481 e. The van der Waals surface area contributed by atoms with E-state index in [2.05, 4.69) is 5.10 Å². The average Bonchev–Trinajstić information content (AvgIpc) is 2.87. The van der Waals surface area contributed by atoms with Crippen molar-refractivity contribution in [1.29, 1.82) is 0 Å². The zero-order valence-electron chi connectivity index (χ0n) is 11.9. The molecule has 0 bridgehead atoms. The van der Waals surface area contributed by atoms with Crippen molar-refractivity contribution < 1.29 is 27.9 Å². The molecule has 1 aromatic rings. The lowest BCUT2D eigenvalue weighted by atomic mass is 9.93. The van der Waals surface area contributed by atoms with Gasteiger partial charge in [-0.15, -0.1) is 0 Å². The summed E-state index contributed by atoms with van der Waals surface area (Å²) in [5.74, 6) is -2.04. The molecule has 22 heavy (non-hydrogen) atoms. The number of alkyl halides is 3. The first-order valence-electron chi connectivity index (χ1n) is 6.81. The molecule has 2 heterocycles. The summed E-state index contributed by atoms with van der Waals surface area (Å²) < 4.78 is 38.3. The van der Waals surface area contributed by atoms with Crippen molar-refractivity contribution in [3.05, 3.63) is 18.0 Å². The Balaban J connectivity index is 2.04. The van der Waals surface area contributed by atoms with Gasteiger partial charge >= 0.3 is 12.1 Å². The molecule has 0 saturated carbocycles. The molecule has 0 aromatic carbocycles. The minimum atomic E-state index is -4.55. The highest BCUT2D eigenvalue weighted by Gasteiger charge is 2.35. The van der Waals surface area contributed by atoms with Crippen molar-refractivity contribution in [2.45, 2.75) is 38.5 Å². The number of carbonyl (C=O) groups is 2. The summed E-state index contributed by atoms with van der Waals surface area (Å²) in [6.45, 7) is 1.52. The van der Waals surface area contributed by atoms with Crippen LogP contribution in [-0.2, 0) is 22.3 Å². The van der Waals surface area contributed by atoms with Gasteiger partial charge in [-0.25, -0.2) is 0 Å². The SMILES string of the molecule is CC1CCC(C(=O)O)CN1C(=O)Cn1ccc(C(F)(F)F)n1. The maximum Gasteiger partial charge on any atom is 0.435 e. The number of aliphatic carboxylic acids is 1. The molecule has 2 rings (SSSR count). The molecule has 1 aromatic heterocycles. The zero-order valence-corrected chi connectivity index (χ0v) is 11.9. The van der Waals surface area contributed by atoms with Crippen LogP contribution in [0, 0.1) is 5.92 Å². The number of likely N-dealkylation sites (tertiary alicyclic amines) is 1. The van der Waals surface area contributed by atoms with Crippen LogP contribution in [0.25, 0.3) is 0 Å². The Kier molecular flexibility index (Phi) is 4.43. The molecule has 1 aliphatic heterocycles. The fourth-order valence-electron chi connectivity index (χ4n) is 2.49. The normalized spacial score (nSPS) is 22.6. The van der Waals surface area contributed by atoms with Gasteiger partial charge in [0, 0.05) is 18.8 Å². The lowest BCUT2D eigenvalue weighted by molar-refractivity contribution is -0.148. The van der Waals surface area contributed by atoms with Gasteiger partial charge in [0.15, 0.2) is 5.69 Å². The second-order valence-corrected chi connectivity index (χ2v) is 5.40. The number of amides is 1.